The maximum absolute atomic E-state index is 13.6. The van der Waals surface area contributed by atoms with Crippen molar-refractivity contribution in [1.82, 2.24) is 0 Å². The Hall–Kier alpha value is -2.65. The van der Waals surface area contributed by atoms with Crippen molar-refractivity contribution in [1.29, 1.82) is 0 Å². The lowest BCUT2D eigenvalue weighted by Crippen LogP contribution is -2.32. The van der Waals surface area contributed by atoms with Crippen molar-refractivity contribution >= 4 is 21.4 Å². The van der Waals surface area contributed by atoms with Crippen LogP contribution in [-0.4, -0.2) is 33.8 Å². The summed E-state index contributed by atoms with van der Waals surface area (Å²) in [5, 5.41) is 10.7. The summed E-state index contributed by atoms with van der Waals surface area (Å²) in [6.45, 7) is 6.29. The second kappa shape index (κ2) is 18.7. The largest absolute Gasteiger partial charge is 0.506 e. The van der Waals surface area contributed by atoms with Gasteiger partial charge in [0.25, 0.3) is 10.0 Å². The van der Waals surface area contributed by atoms with Gasteiger partial charge in [-0.15, -0.1) is 4.47 Å². The molecule has 0 amide bonds. The summed E-state index contributed by atoms with van der Waals surface area (Å²) in [7, 11) is -2.92. The third-order valence-corrected chi connectivity index (χ3v) is 8.77. The third kappa shape index (κ3) is 11.3. The van der Waals surface area contributed by atoms with E-state index in [2.05, 4.69) is 6.92 Å². The van der Waals surface area contributed by atoms with E-state index >= 15 is 0 Å². The number of aromatic hydroxyl groups is 1. The van der Waals surface area contributed by atoms with Gasteiger partial charge in [-0.2, -0.15) is 8.42 Å². The first kappa shape index (κ1) is 34.6. The van der Waals surface area contributed by atoms with Crippen molar-refractivity contribution in [3.63, 3.8) is 0 Å². The Labute approximate surface area is 248 Å². The van der Waals surface area contributed by atoms with Gasteiger partial charge in [0, 0.05) is 11.8 Å². The Bertz CT molecular complexity index is 1140. The van der Waals surface area contributed by atoms with Crippen LogP contribution in [0.4, 0.5) is 11.4 Å². The average molecular weight is 593 g/mol. The first-order valence-electron chi connectivity index (χ1n) is 15.3. The van der Waals surface area contributed by atoms with E-state index in [-0.39, 0.29) is 34.4 Å². The number of nitrogens with zero attached hydrogens (tertiary/aromatic N) is 1. The summed E-state index contributed by atoms with van der Waals surface area (Å²) in [6, 6.07) is 7.31. The average Bonchev–Trinajstić information content (AvgIpc) is 2.95. The molecule has 0 saturated carbocycles. The zero-order valence-corrected chi connectivity index (χ0v) is 26.4. The number of hydrogen-bond acceptors (Lipinski definition) is 7. The summed E-state index contributed by atoms with van der Waals surface area (Å²) < 4.78 is 39.2. The highest BCUT2D eigenvalue weighted by Crippen LogP contribution is 2.39. The molecule has 9 heteroatoms. The van der Waals surface area contributed by atoms with Crippen LogP contribution >= 0.6 is 0 Å². The monoisotopic (exact) mass is 592 g/mol. The fraction of sp³-hybridized carbons (Fsp3) is 0.625. The van der Waals surface area contributed by atoms with Crippen molar-refractivity contribution in [2.45, 2.75) is 116 Å². The van der Waals surface area contributed by atoms with Gasteiger partial charge in [-0.25, -0.2) is 0 Å². The Morgan fingerprint density at radius 1 is 0.805 bits per heavy atom. The number of rotatable bonds is 22. The zero-order chi connectivity index (χ0) is 30.1. The van der Waals surface area contributed by atoms with Crippen LogP contribution in [0.15, 0.2) is 35.2 Å². The molecule has 2 aromatic carbocycles. The molecule has 232 valence electrons. The number of ether oxygens (including phenoxy) is 2. The summed E-state index contributed by atoms with van der Waals surface area (Å²) in [5.74, 6) is 0.364. The molecule has 41 heavy (non-hydrogen) atoms. The molecule has 0 spiro atoms. The SMILES string of the molecule is CCCCCCCCCCCCCCCCOc1cc(N(OCC)S(=O)(=O)c2cc(N)ccc2OC)c(O)cc1C. The minimum atomic E-state index is -4.29. The second-order valence-corrected chi connectivity index (χ2v) is 12.3. The van der Waals surface area contributed by atoms with Gasteiger partial charge in [0.1, 0.15) is 27.8 Å². The minimum absolute atomic E-state index is 0.0436. The molecule has 0 unspecified atom stereocenters. The Kier molecular flexibility index (Phi) is 15.8. The predicted octanol–water partition coefficient (Wildman–Crippen LogP) is 8.30. The number of nitrogens with two attached hydrogens (primary N) is 1. The van der Waals surface area contributed by atoms with E-state index in [9.17, 15) is 13.5 Å². The maximum Gasteiger partial charge on any atom is 0.290 e. The highest BCUT2D eigenvalue weighted by atomic mass is 32.2. The molecule has 0 bridgehead atoms. The molecular formula is C32H52N2O6S. The Morgan fingerprint density at radius 3 is 1.90 bits per heavy atom. The number of aryl methyl sites for hydroxylation is 1. The molecule has 0 aliphatic carbocycles. The van der Waals surface area contributed by atoms with Gasteiger partial charge in [-0.05, 0) is 50.1 Å². The van der Waals surface area contributed by atoms with Crippen molar-refractivity contribution in [3.05, 3.63) is 35.9 Å². The number of anilines is 2. The van der Waals surface area contributed by atoms with Crippen molar-refractivity contribution in [3.8, 4) is 17.2 Å². The fourth-order valence-electron chi connectivity index (χ4n) is 4.81. The summed E-state index contributed by atoms with van der Waals surface area (Å²) in [4.78, 5) is 5.36. The van der Waals surface area contributed by atoms with Crippen molar-refractivity contribution in [2.75, 3.05) is 30.5 Å². The van der Waals surface area contributed by atoms with E-state index in [1.807, 2.05) is 6.92 Å². The van der Waals surface area contributed by atoms with Crippen LogP contribution in [0.1, 0.15) is 109 Å². The molecule has 0 atom stereocenters. The zero-order valence-electron chi connectivity index (χ0n) is 25.6. The highest BCUT2D eigenvalue weighted by molar-refractivity contribution is 7.92. The minimum Gasteiger partial charge on any atom is -0.506 e. The number of unbranched alkanes of at least 4 members (excludes halogenated alkanes) is 13. The van der Waals surface area contributed by atoms with Crippen LogP contribution < -0.4 is 19.7 Å². The van der Waals surface area contributed by atoms with Crippen molar-refractivity contribution in [2.24, 2.45) is 0 Å². The smallest absolute Gasteiger partial charge is 0.290 e. The summed E-state index contributed by atoms with van der Waals surface area (Å²) in [6.07, 6.45) is 18.0. The lowest BCUT2D eigenvalue weighted by Gasteiger charge is -2.25. The molecule has 0 heterocycles. The first-order valence-corrected chi connectivity index (χ1v) is 16.8. The van der Waals surface area contributed by atoms with E-state index in [1.165, 1.54) is 108 Å². The lowest BCUT2D eigenvalue weighted by atomic mass is 10.0. The lowest BCUT2D eigenvalue weighted by molar-refractivity contribution is 0.161. The number of phenols is 1. The summed E-state index contributed by atoms with van der Waals surface area (Å²) in [5.41, 5.74) is 6.78. The van der Waals surface area contributed by atoms with Gasteiger partial charge in [-0.3, -0.25) is 4.84 Å². The van der Waals surface area contributed by atoms with E-state index in [1.54, 1.807) is 13.0 Å². The van der Waals surface area contributed by atoms with Crippen molar-refractivity contribution < 1.29 is 27.8 Å². The van der Waals surface area contributed by atoms with Crippen LogP contribution in [0.2, 0.25) is 0 Å². The molecule has 8 nitrogen and oxygen atoms in total. The van der Waals surface area contributed by atoms with Gasteiger partial charge in [0.2, 0.25) is 0 Å². The van der Waals surface area contributed by atoms with Gasteiger partial charge in [0.15, 0.2) is 0 Å². The van der Waals surface area contributed by atoms with Crippen LogP contribution in [0.3, 0.4) is 0 Å². The Morgan fingerprint density at radius 2 is 1.37 bits per heavy atom. The van der Waals surface area contributed by atoms with Gasteiger partial charge >= 0.3 is 0 Å². The molecular weight excluding hydrogens is 540 g/mol. The Balaban J connectivity index is 1.88. The van der Waals surface area contributed by atoms with Crippen LogP contribution in [0.5, 0.6) is 17.2 Å². The first-order chi connectivity index (χ1) is 19.8. The highest BCUT2D eigenvalue weighted by Gasteiger charge is 2.32. The molecule has 2 rings (SSSR count). The van der Waals surface area contributed by atoms with E-state index in [0.717, 1.165) is 12.8 Å². The number of sulfonamides is 1. The van der Waals surface area contributed by atoms with Crippen LogP contribution in [0, 0.1) is 6.92 Å². The van der Waals surface area contributed by atoms with E-state index in [0.29, 0.717) is 22.4 Å². The molecule has 0 saturated heterocycles. The molecule has 2 aromatic rings. The topological polar surface area (TPSA) is 111 Å². The van der Waals surface area contributed by atoms with E-state index in [4.69, 9.17) is 20.0 Å². The number of phenolic OH excluding ortho intramolecular Hbond substituents is 1. The number of nitrogen functional groups attached to an aromatic ring is 1. The number of methoxy groups -OCH3 is 1. The molecule has 3 N–H and O–H groups in total. The second-order valence-electron chi connectivity index (χ2n) is 10.6. The number of hydrogen-bond donors (Lipinski definition) is 2. The number of benzene rings is 2. The van der Waals surface area contributed by atoms with Crippen LogP contribution in [-0.2, 0) is 14.9 Å². The molecule has 0 aliphatic heterocycles. The standard InChI is InChI=1S/C32H52N2O6S/c1-5-7-8-9-10-11-12-13-14-15-16-17-18-19-22-39-31-25-28(29(35)23-26(31)3)34(40-6-2)41(36,37)32-24-27(33)20-21-30(32)38-4/h20-21,23-25,35H,5-19,22,33H2,1-4H3. The molecule has 0 aromatic heterocycles. The molecule has 0 fully saturated rings. The van der Waals surface area contributed by atoms with Gasteiger partial charge in [0.05, 0.1) is 20.3 Å². The normalized spacial score (nSPS) is 11.5. The van der Waals surface area contributed by atoms with Gasteiger partial charge in [-0.1, -0.05) is 90.4 Å². The van der Waals surface area contributed by atoms with E-state index < -0.39 is 10.0 Å². The fourth-order valence-corrected chi connectivity index (χ4v) is 6.33. The third-order valence-electron chi connectivity index (χ3n) is 7.15. The quantitative estimate of drug-likeness (QED) is 0.0803. The molecule has 0 aliphatic rings. The maximum atomic E-state index is 13.6. The van der Waals surface area contributed by atoms with Crippen LogP contribution in [0.25, 0.3) is 0 Å². The molecule has 0 radical (unpaired) electrons. The predicted molar refractivity (Wildman–Crippen MR) is 167 cm³/mol. The van der Waals surface area contributed by atoms with Gasteiger partial charge < -0.3 is 20.3 Å². The summed E-state index contributed by atoms with van der Waals surface area (Å²) >= 11 is 0.